The van der Waals surface area contributed by atoms with Crippen molar-refractivity contribution in [1.82, 2.24) is 10.6 Å². The van der Waals surface area contributed by atoms with Gasteiger partial charge in [0.25, 0.3) is 0 Å². The molecule has 166 valence electrons. The van der Waals surface area contributed by atoms with Crippen molar-refractivity contribution in [2.75, 3.05) is 44.9 Å². The van der Waals surface area contributed by atoms with Crippen LogP contribution in [0.15, 0.2) is 47.5 Å². The van der Waals surface area contributed by atoms with Crippen molar-refractivity contribution in [1.29, 1.82) is 0 Å². The number of nitrogens with zero attached hydrogens (tertiary/aromatic N) is 2. The first-order valence-corrected chi connectivity index (χ1v) is 10.7. The van der Waals surface area contributed by atoms with Crippen LogP contribution in [0.25, 0.3) is 0 Å². The molecule has 0 saturated carbocycles. The molecule has 1 heterocycles. The number of methoxy groups -OCH3 is 1. The molecule has 0 spiro atoms. The highest BCUT2D eigenvalue weighted by atomic mass is 16.5. The molecular weight excluding hydrogens is 392 g/mol. The van der Waals surface area contributed by atoms with E-state index in [1.54, 1.807) is 7.11 Å². The molecule has 7 nitrogen and oxygen atoms in total. The Morgan fingerprint density at radius 2 is 2.00 bits per heavy atom. The third-order valence-electron chi connectivity index (χ3n) is 5.11. The number of rotatable bonds is 9. The Morgan fingerprint density at radius 3 is 2.81 bits per heavy atom. The van der Waals surface area contributed by atoms with E-state index in [0.717, 1.165) is 35.5 Å². The molecule has 0 saturated heterocycles. The second kappa shape index (κ2) is 11.4. The molecule has 0 bridgehead atoms. The lowest BCUT2D eigenvalue weighted by Gasteiger charge is -2.19. The monoisotopic (exact) mass is 424 g/mol. The van der Waals surface area contributed by atoms with E-state index in [1.807, 2.05) is 55.1 Å². The number of amides is 1. The standard InChI is InChI=1S/C24H32N4O3/c1-4-25-24(26-16-20-10-9-18(2)15-22(20)31-14-13-30-3)27-17-23(29)28-12-11-19-7-5-6-8-21(19)28/h5-10,15H,4,11-14,16-17H2,1-3H3,(H2,25,26,27). The minimum absolute atomic E-state index is 0.0366. The highest BCUT2D eigenvalue weighted by Gasteiger charge is 2.23. The molecule has 0 aliphatic carbocycles. The van der Waals surface area contributed by atoms with Gasteiger partial charge in [-0.25, -0.2) is 4.99 Å². The lowest BCUT2D eigenvalue weighted by molar-refractivity contribution is -0.117. The maximum Gasteiger partial charge on any atom is 0.246 e. The van der Waals surface area contributed by atoms with Crippen LogP contribution >= 0.6 is 0 Å². The summed E-state index contributed by atoms with van der Waals surface area (Å²) in [5, 5.41) is 6.38. The van der Waals surface area contributed by atoms with Gasteiger partial charge in [0, 0.05) is 31.5 Å². The van der Waals surface area contributed by atoms with Crippen molar-refractivity contribution in [3.05, 3.63) is 59.2 Å². The van der Waals surface area contributed by atoms with Crippen LogP contribution in [-0.2, 0) is 22.5 Å². The van der Waals surface area contributed by atoms with Crippen LogP contribution in [-0.4, -0.2) is 51.8 Å². The molecule has 2 aromatic rings. The van der Waals surface area contributed by atoms with Crippen LogP contribution in [0.1, 0.15) is 23.6 Å². The van der Waals surface area contributed by atoms with Crippen molar-refractivity contribution >= 4 is 17.6 Å². The molecule has 0 fully saturated rings. The van der Waals surface area contributed by atoms with Gasteiger partial charge < -0.3 is 25.0 Å². The highest BCUT2D eigenvalue weighted by Crippen LogP contribution is 2.27. The van der Waals surface area contributed by atoms with Crippen LogP contribution < -0.4 is 20.3 Å². The Bertz CT molecular complexity index is 913. The molecule has 2 aromatic carbocycles. The maximum absolute atomic E-state index is 12.8. The van der Waals surface area contributed by atoms with E-state index in [1.165, 1.54) is 5.56 Å². The minimum Gasteiger partial charge on any atom is -0.491 e. The molecule has 0 radical (unpaired) electrons. The Morgan fingerprint density at radius 1 is 1.16 bits per heavy atom. The first-order chi connectivity index (χ1) is 15.1. The smallest absolute Gasteiger partial charge is 0.246 e. The molecular formula is C24H32N4O3. The molecule has 31 heavy (non-hydrogen) atoms. The van der Waals surface area contributed by atoms with E-state index in [4.69, 9.17) is 9.47 Å². The van der Waals surface area contributed by atoms with Gasteiger partial charge in [0.05, 0.1) is 19.7 Å². The van der Waals surface area contributed by atoms with Gasteiger partial charge in [0.1, 0.15) is 12.4 Å². The van der Waals surface area contributed by atoms with Gasteiger partial charge >= 0.3 is 0 Å². The fourth-order valence-electron chi connectivity index (χ4n) is 3.52. The molecule has 0 atom stereocenters. The van der Waals surface area contributed by atoms with Gasteiger partial charge in [-0.3, -0.25) is 4.79 Å². The van der Waals surface area contributed by atoms with Gasteiger partial charge in [-0.2, -0.15) is 0 Å². The second-order valence-electron chi connectivity index (χ2n) is 7.43. The second-order valence-corrected chi connectivity index (χ2v) is 7.43. The minimum atomic E-state index is 0.0366. The zero-order valence-electron chi connectivity index (χ0n) is 18.6. The Kier molecular flexibility index (Phi) is 8.29. The number of aryl methyl sites for hydroxylation is 1. The predicted molar refractivity (Wildman–Crippen MR) is 124 cm³/mol. The number of hydrogen-bond acceptors (Lipinski definition) is 4. The number of anilines is 1. The Hall–Kier alpha value is -3.06. The molecule has 0 unspecified atom stereocenters. The van der Waals surface area contributed by atoms with Gasteiger partial charge in [-0.15, -0.1) is 0 Å². The van der Waals surface area contributed by atoms with Gasteiger partial charge in [0.2, 0.25) is 5.91 Å². The predicted octanol–water partition coefficient (Wildman–Crippen LogP) is 2.66. The number of benzene rings is 2. The maximum atomic E-state index is 12.8. The number of aliphatic imine (C=N–C) groups is 1. The zero-order chi connectivity index (χ0) is 22.1. The van der Waals surface area contributed by atoms with Crippen LogP contribution in [0.3, 0.4) is 0 Å². The van der Waals surface area contributed by atoms with E-state index in [9.17, 15) is 4.79 Å². The van der Waals surface area contributed by atoms with E-state index in [-0.39, 0.29) is 12.5 Å². The van der Waals surface area contributed by atoms with E-state index in [0.29, 0.717) is 32.3 Å². The summed E-state index contributed by atoms with van der Waals surface area (Å²) in [6.45, 7) is 7.11. The number of carbonyl (C=O) groups excluding carboxylic acids is 1. The lowest BCUT2D eigenvalue weighted by Crippen LogP contribution is -2.44. The third-order valence-corrected chi connectivity index (χ3v) is 5.11. The summed E-state index contributed by atoms with van der Waals surface area (Å²) in [5.74, 6) is 1.45. The third kappa shape index (κ3) is 6.21. The SMILES string of the molecule is CCNC(=NCc1ccc(C)cc1OCCOC)NCC(=O)N1CCc2ccccc21. The number of nitrogens with one attached hydrogen (secondary N) is 2. The molecule has 1 aliphatic heterocycles. The van der Waals surface area contributed by atoms with Crippen LogP contribution in [0.4, 0.5) is 5.69 Å². The number of carbonyl (C=O) groups is 1. The summed E-state index contributed by atoms with van der Waals surface area (Å²) in [6, 6.07) is 14.1. The molecule has 2 N–H and O–H groups in total. The topological polar surface area (TPSA) is 75.2 Å². The number of hydrogen-bond donors (Lipinski definition) is 2. The summed E-state index contributed by atoms with van der Waals surface area (Å²) in [7, 11) is 1.65. The Balaban J connectivity index is 1.62. The van der Waals surface area contributed by atoms with Gasteiger partial charge in [-0.1, -0.05) is 30.3 Å². The summed E-state index contributed by atoms with van der Waals surface area (Å²) in [6.07, 6.45) is 0.898. The van der Waals surface area contributed by atoms with Crippen LogP contribution in [0.2, 0.25) is 0 Å². The van der Waals surface area contributed by atoms with Crippen molar-refractivity contribution in [3.8, 4) is 5.75 Å². The summed E-state index contributed by atoms with van der Waals surface area (Å²) in [5.41, 5.74) is 4.34. The molecule has 1 amide bonds. The average molecular weight is 425 g/mol. The van der Waals surface area contributed by atoms with E-state index in [2.05, 4.69) is 21.7 Å². The first-order valence-electron chi connectivity index (χ1n) is 10.7. The quantitative estimate of drug-likeness (QED) is 0.368. The summed E-state index contributed by atoms with van der Waals surface area (Å²) in [4.78, 5) is 19.3. The van der Waals surface area contributed by atoms with E-state index < -0.39 is 0 Å². The molecule has 0 aromatic heterocycles. The van der Waals surface area contributed by atoms with Crippen LogP contribution in [0, 0.1) is 6.92 Å². The average Bonchev–Trinajstić information content (AvgIpc) is 3.21. The zero-order valence-corrected chi connectivity index (χ0v) is 18.6. The normalized spacial score (nSPS) is 13.1. The number of ether oxygens (including phenoxy) is 2. The lowest BCUT2D eigenvalue weighted by atomic mass is 10.1. The fraction of sp³-hybridized carbons (Fsp3) is 0.417. The summed E-state index contributed by atoms with van der Waals surface area (Å²) >= 11 is 0. The fourth-order valence-corrected chi connectivity index (χ4v) is 3.52. The largest absolute Gasteiger partial charge is 0.491 e. The molecule has 3 rings (SSSR count). The van der Waals surface area contributed by atoms with E-state index >= 15 is 0 Å². The van der Waals surface area contributed by atoms with Crippen molar-refractivity contribution in [2.45, 2.75) is 26.8 Å². The Labute approximate surface area is 184 Å². The van der Waals surface area contributed by atoms with Gasteiger partial charge in [0.15, 0.2) is 5.96 Å². The number of para-hydroxylation sites is 1. The molecule has 1 aliphatic rings. The summed E-state index contributed by atoms with van der Waals surface area (Å²) < 4.78 is 10.9. The van der Waals surface area contributed by atoms with Gasteiger partial charge in [-0.05, 0) is 43.5 Å². The first kappa shape index (κ1) is 22.6. The molecule has 7 heteroatoms. The number of fused-ring (bicyclic) bond motifs is 1. The van der Waals surface area contributed by atoms with Crippen molar-refractivity contribution in [2.24, 2.45) is 4.99 Å². The van der Waals surface area contributed by atoms with Crippen molar-refractivity contribution < 1.29 is 14.3 Å². The number of guanidine groups is 1. The van der Waals surface area contributed by atoms with Crippen LogP contribution in [0.5, 0.6) is 5.75 Å². The highest BCUT2D eigenvalue weighted by molar-refractivity contribution is 5.98. The van der Waals surface area contributed by atoms with Crippen molar-refractivity contribution in [3.63, 3.8) is 0 Å².